The molecular formula is C14H17N3O4. The van der Waals surface area contributed by atoms with Crippen molar-refractivity contribution in [3.63, 3.8) is 0 Å². The first kappa shape index (κ1) is 14.8. The van der Waals surface area contributed by atoms with E-state index >= 15 is 0 Å². The second-order valence-electron chi connectivity index (χ2n) is 5.55. The maximum absolute atomic E-state index is 12.0. The molecule has 4 N–H and O–H groups in total. The van der Waals surface area contributed by atoms with Crippen molar-refractivity contribution in [3.05, 3.63) is 23.3 Å². The molecule has 0 atom stereocenters. The standard InChI is InChI=1S/C14H17N3O4/c1-7-4-8(5-9(11(7)15)12(19)20)17-6-10(18)16-13(21)14(17,2)3/h4-5H,6,15H2,1-3H3,(H,19,20)(H,16,18,21). The monoisotopic (exact) mass is 291 g/mol. The lowest BCUT2D eigenvalue weighted by Crippen LogP contribution is -2.64. The van der Waals surface area contributed by atoms with Gasteiger partial charge in [-0.1, -0.05) is 0 Å². The Morgan fingerprint density at radius 1 is 1.38 bits per heavy atom. The number of aryl methyl sites for hydroxylation is 1. The first-order chi connectivity index (χ1) is 9.64. The smallest absolute Gasteiger partial charge is 0.337 e. The van der Waals surface area contributed by atoms with E-state index in [0.717, 1.165) is 0 Å². The number of hydrogen-bond acceptors (Lipinski definition) is 5. The molecule has 7 nitrogen and oxygen atoms in total. The number of carboxylic acid groups (broad SMARTS) is 1. The molecule has 1 aliphatic rings. The number of benzene rings is 1. The van der Waals surface area contributed by atoms with Gasteiger partial charge in [0.15, 0.2) is 0 Å². The van der Waals surface area contributed by atoms with Crippen molar-refractivity contribution in [2.24, 2.45) is 0 Å². The highest BCUT2D eigenvalue weighted by molar-refractivity contribution is 6.07. The van der Waals surface area contributed by atoms with E-state index in [2.05, 4.69) is 5.32 Å². The summed E-state index contributed by atoms with van der Waals surface area (Å²) in [6.45, 7) is 4.99. The van der Waals surface area contributed by atoms with Crippen molar-refractivity contribution in [2.45, 2.75) is 26.3 Å². The molecule has 0 unspecified atom stereocenters. The average Bonchev–Trinajstić information content (AvgIpc) is 2.37. The van der Waals surface area contributed by atoms with E-state index in [9.17, 15) is 19.5 Å². The van der Waals surface area contributed by atoms with Crippen LogP contribution in [0.2, 0.25) is 0 Å². The number of anilines is 2. The van der Waals surface area contributed by atoms with Crippen molar-refractivity contribution in [2.75, 3.05) is 17.2 Å². The van der Waals surface area contributed by atoms with E-state index in [1.807, 2.05) is 0 Å². The van der Waals surface area contributed by atoms with Crippen LogP contribution in [0.5, 0.6) is 0 Å². The van der Waals surface area contributed by atoms with Crippen LogP contribution in [0, 0.1) is 6.92 Å². The van der Waals surface area contributed by atoms with Crippen LogP contribution in [0.15, 0.2) is 12.1 Å². The lowest BCUT2D eigenvalue weighted by atomic mass is 9.96. The predicted octanol–water partition coefficient (Wildman–Crippen LogP) is 0.517. The quantitative estimate of drug-likeness (QED) is 0.541. The molecule has 1 heterocycles. The fraction of sp³-hybridized carbons (Fsp3) is 0.357. The third-order valence-electron chi connectivity index (χ3n) is 3.70. The van der Waals surface area contributed by atoms with Crippen molar-refractivity contribution in [3.8, 4) is 0 Å². The van der Waals surface area contributed by atoms with Gasteiger partial charge < -0.3 is 15.7 Å². The van der Waals surface area contributed by atoms with E-state index in [4.69, 9.17) is 5.73 Å². The normalized spacial score (nSPS) is 17.6. The second kappa shape index (κ2) is 4.76. The Balaban J connectivity index is 2.57. The number of hydrogen-bond donors (Lipinski definition) is 3. The number of piperazine rings is 1. The summed E-state index contributed by atoms with van der Waals surface area (Å²) in [5, 5.41) is 11.5. The Labute approximate surface area is 121 Å². The van der Waals surface area contributed by atoms with E-state index in [-0.39, 0.29) is 17.8 Å². The third kappa shape index (κ3) is 2.42. The fourth-order valence-corrected chi connectivity index (χ4v) is 2.31. The van der Waals surface area contributed by atoms with Gasteiger partial charge in [-0.05, 0) is 38.5 Å². The Morgan fingerprint density at radius 2 is 2.00 bits per heavy atom. The predicted molar refractivity (Wildman–Crippen MR) is 77.1 cm³/mol. The molecule has 7 heteroatoms. The van der Waals surface area contributed by atoms with Crippen molar-refractivity contribution in [1.82, 2.24) is 5.32 Å². The molecule has 2 rings (SSSR count). The van der Waals surface area contributed by atoms with Crippen LogP contribution in [0.25, 0.3) is 0 Å². The highest BCUT2D eigenvalue weighted by atomic mass is 16.4. The van der Waals surface area contributed by atoms with Crippen LogP contribution in [0.4, 0.5) is 11.4 Å². The second-order valence-corrected chi connectivity index (χ2v) is 5.55. The first-order valence-electron chi connectivity index (χ1n) is 6.40. The summed E-state index contributed by atoms with van der Waals surface area (Å²) in [5.74, 6) is -2.00. The molecule has 1 aromatic rings. The molecule has 0 radical (unpaired) electrons. The number of nitrogens with zero attached hydrogens (tertiary/aromatic N) is 1. The summed E-state index contributed by atoms with van der Waals surface area (Å²) >= 11 is 0. The van der Waals surface area contributed by atoms with Crippen LogP contribution >= 0.6 is 0 Å². The van der Waals surface area contributed by atoms with Gasteiger partial charge in [-0.15, -0.1) is 0 Å². The van der Waals surface area contributed by atoms with Gasteiger partial charge in [0.25, 0.3) is 5.91 Å². The molecule has 0 bridgehead atoms. The van der Waals surface area contributed by atoms with E-state index in [1.165, 1.54) is 6.07 Å². The number of carboxylic acids is 1. The number of aromatic carboxylic acids is 1. The SMILES string of the molecule is Cc1cc(N2CC(=O)NC(=O)C2(C)C)cc(C(=O)O)c1N. The van der Waals surface area contributed by atoms with Crippen LogP contribution in [0.1, 0.15) is 29.8 Å². The van der Waals surface area contributed by atoms with E-state index in [1.54, 1.807) is 31.7 Å². The molecule has 112 valence electrons. The molecule has 0 saturated carbocycles. The molecule has 1 aliphatic heterocycles. The number of amides is 2. The summed E-state index contributed by atoms with van der Waals surface area (Å²) in [7, 11) is 0. The van der Waals surface area contributed by atoms with Crippen LogP contribution in [0.3, 0.4) is 0 Å². The summed E-state index contributed by atoms with van der Waals surface area (Å²) in [5.41, 5.74) is 5.99. The topological polar surface area (TPSA) is 113 Å². The summed E-state index contributed by atoms with van der Waals surface area (Å²) in [6.07, 6.45) is 0. The molecule has 21 heavy (non-hydrogen) atoms. The van der Waals surface area contributed by atoms with Crippen molar-refractivity contribution in [1.29, 1.82) is 0 Å². The maximum atomic E-state index is 12.0. The van der Waals surface area contributed by atoms with Crippen molar-refractivity contribution >= 4 is 29.2 Å². The van der Waals surface area contributed by atoms with Gasteiger partial charge >= 0.3 is 5.97 Å². The lowest BCUT2D eigenvalue weighted by Gasteiger charge is -2.42. The zero-order valence-electron chi connectivity index (χ0n) is 12.1. The zero-order chi connectivity index (χ0) is 15.9. The molecular weight excluding hydrogens is 274 g/mol. The van der Waals surface area contributed by atoms with Gasteiger partial charge in [0.05, 0.1) is 12.1 Å². The lowest BCUT2D eigenvalue weighted by molar-refractivity contribution is -0.135. The molecule has 2 amide bonds. The molecule has 1 saturated heterocycles. The minimum Gasteiger partial charge on any atom is -0.478 e. The maximum Gasteiger partial charge on any atom is 0.337 e. The van der Waals surface area contributed by atoms with Gasteiger partial charge in [-0.2, -0.15) is 0 Å². The third-order valence-corrected chi connectivity index (χ3v) is 3.70. The number of carbonyl (C=O) groups excluding carboxylic acids is 2. The molecule has 0 aromatic heterocycles. The molecule has 0 aliphatic carbocycles. The van der Waals surface area contributed by atoms with Crippen molar-refractivity contribution < 1.29 is 19.5 Å². The van der Waals surface area contributed by atoms with Crippen LogP contribution in [-0.4, -0.2) is 35.0 Å². The zero-order valence-corrected chi connectivity index (χ0v) is 12.1. The van der Waals surface area contributed by atoms with Gasteiger partial charge in [0.1, 0.15) is 5.54 Å². The Bertz CT molecular complexity index is 652. The van der Waals surface area contributed by atoms with Crippen LogP contribution in [-0.2, 0) is 9.59 Å². The molecule has 1 aromatic carbocycles. The summed E-state index contributed by atoms with van der Waals surface area (Å²) < 4.78 is 0. The van der Waals surface area contributed by atoms with Crippen LogP contribution < -0.4 is 16.0 Å². The van der Waals surface area contributed by atoms with Gasteiger partial charge in [-0.3, -0.25) is 14.9 Å². The number of nitrogens with two attached hydrogens (primary N) is 1. The van der Waals surface area contributed by atoms with Gasteiger partial charge in [-0.25, -0.2) is 4.79 Å². The highest BCUT2D eigenvalue weighted by Crippen LogP contribution is 2.31. The molecule has 0 spiro atoms. The number of nitrogens with one attached hydrogen (secondary N) is 1. The largest absolute Gasteiger partial charge is 0.478 e. The minimum absolute atomic E-state index is 0.0266. The van der Waals surface area contributed by atoms with E-state index in [0.29, 0.717) is 11.3 Å². The number of rotatable bonds is 2. The highest BCUT2D eigenvalue weighted by Gasteiger charge is 2.41. The van der Waals surface area contributed by atoms with Gasteiger partial charge in [0, 0.05) is 11.4 Å². The minimum atomic E-state index is -1.15. The number of imide groups is 1. The average molecular weight is 291 g/mol. The summed E-state index contributed by atoms with van der Waals surface area (Å²) in [4.78, 5) is 36.4. The van der Waals surface area contributed by atoms with E-state index < -0.39 is 23.3 Å². The van der Waals surface area contributed by atoms with Gasteiger partial charge in [0.2, 0.25) is 5.91 Å². The first-order valence-corrected chi connectivity index (χ1v) is 6.40. The number of carbonyl (C=O) groups is 3. The Morgan fingerprint density at radius 3 is 2.57 bits per heavy atom. The fourth-order valence-electron chi connectivity index (χ4n) is 2.31. The number of nitrogen functional groups attached to an aromatic ring is 1. The summed E-state index contributed by atoms with van der Waals surface area (Å²) in [6, 6.07) is 3.06. The Kier molecular flexibility index (Phi) is 3.36. The Hall–Kier alpha value is -2.57. The molecule has 1 fully saturated rings.